The van der Waals surface area contributed by atoms with E-state index in [2.05, 4.69) is 5.32 Å². The van der Waals surface area contributed by atoms with E-state index in [1.54, 1.807) is 6.92 Å². The molecule has 1 atom stereocenters. The molecule has 0 heterocycles. The van der Waals surface area contributed by atoms with Crippen LogP contribution < -0.4 is 11.1 Å². The molecule has 4 N–H and O–H groups in total. The zero-order valence-corrected chi connectivity index (χ0v) is 7.24. The first-order valence-electron chi connectivity index (χ1n) is 3.77. The second kappa shape index (κ2) is 5.13. The van der Waals surface area contributed by atoms with E-state index in [-0.39, 0.29) is 6.42 Å². The van der Waals surface area contributed by atoms with E-state index in [1.165, 1.54) is 0 Å². The second-order valence-corrected chi connectivity index (χ2v) is 2.47. The summed E-state index contributed by atoms with van der Waals surface area (Å²) in [4.78, 5) is 31.7. The van der Waals surface area contributed by atoms with Gasteiger partial charge in [-0.3, -0.25) is 14.4 Å². The lowest BCUT2D eigenvalue weighted by molar-refractivity contribution is -0.140. The number of amides is 2. The summed E-state index contributed by atoms with van der Waals surface area (Å²) in [6.07, 6.45) is -0.301. The molecule has 0 spiro atoms. The predicted molar refractivity (Wildman–Crippen MR) is 43.7 cm³/mol. The molecular weight excluding hydrogens is 176 g/mol. The summed E-state index contributed by atoms with van der Waals surface area (Å²) in [5, 5.41) is 10.6. The first-order valence-corrected chi connectivity index (χ1v) is 3.77. The maximum atomic E-state index is 10.8. The van der Waals surface area contributed by atoms with E-state index in [0.29, 0.717) is 0 Å². The van der Waals surface area contributed by atoms with Gasteiger partial charge in [-0.2, -0.15) is 0 Å². The van der Waals surface area contributed by atoms with Crippen LogP contribution >= 0.6 is 0 Å². The van der Waals surface area contributed by atoms with E-state index in [1.807, 2.05) is 0 Å². The van der Waals surface area contributed by atoms with E-state index >= 15 is 0 Å². The number of hydrogen-bond acceptors (Lipinski definition) is 3. The number of carboxylic acid groups (broad SMARTS) is 1. The van der Waals surface area contributed by atoms with Crippen LogP contribution in [-0.2, 0) is 14.4 Å². The van der Waals surface area contributed by atoms with Crippen molar-refractivity contribution in [3.63, 3.8) is 0 Å². The van der Waals surface area contributed by atoms with Crippen molar-refractivity contribution in [2.75, 3.05) is 0 Å². The molecular formula is C7H12N2O4. The molecule has 13 heavy (non-hydrogen) atoms. The fraction of sp³-hybridized carbons (Fsp3) is 0.571. The number of primary amides is 1. The van der Waals surface area contributed by atoms with Gasteiger partial charge in [0.25, 0.3) is 0 Å². The van der Waals surface area contributed by atoms with E-state index in [0.717, 1.165) is 0 Å². The van der Waals surface area contributed by atoms with E-state index in [4.69, 9.17) is 10.8 Å². The van der Waals surface area contributed by atoms with Crippen LogP contribution in [0.25, 0.3) is 0 Å². The SMILES string of the molecule is CCC(=O)N[C@@H](CC(=O)O)C(N)=O. The Bertz CT molecular complexity index is 227. The molecule has 6 nitrogen and oxygen atoms in total. The summed E-state index contributed by atoms with van der Waals surface area (Å²) in [5.74, 6) is -2.42. The molecule has 0 rings (SSSR count). The maximum Gasteiger partial charge on any atom is 0.305 e. The molecule has 0 bridgehead atoms. The average molecular weight is 188 g/mol. The quantitative estimate of drug-likeness (QED) is 0.505. The van der Waals surface area contributed by atoms with Gasteiger partial charge in [-0.15, -0.1) is 0 Å². The number of carbonyl (C=O) groups excluding carboxylic acids is 2. The molecule has 0 aromatic carbocycles. The highest BCUT2D eigenvalue weighted by Gasteiger charge is 2.20. The smallest absolute Gasteiger partial charge is 0.305 e. The summed E-state index contributed by atoms with van der Waals surface area (Å²) in [5.41, 5.74) is 4.87. The molecule has 0 aromatic heterocycles. The number of nitrogens with one attached hydrogen (secondary N) is 1. The lowest BCUT2D eigenvalue weighted by Crippen LogP contribution is -2.45. The lowest BCUT2D eigenvalue weighted by Gasteiger charge is -2.11. The topological polar surface area (TPSA) is 109 Å². The highest BCUT2D eigenvalue weighted by atomic mass is 16.4. The molecule has 74 valence electrons. The van der Waals surface area contributed by atoms with Crippen LogP contribution in [0.5, 0.6) is 0 Å². The minimum Gasteiger partial charge on any atom is -0.481 e. The van der Waals surface area contributed by atoms with Crippen LogP contribution in [0.2, 0.25) is 0 Å². The highest BCUT2D eigenvalue weighted by molar-refractivity contribution is 5.89. The van der Waals surface area contributed by atoms with Gasteiger partial charge < -0.3 is 16.2 Å². The average Bonchev–Trinajstić information content (AvgIpc) is 2.02. The Hall–Kier alpha value is -1.59. The third-order valence-electron chi connectivity index (χ3n) is 1.38. The zero-order chi connectivity index (χ0) is 10.4. The molecule has 0 aromatic rings. The highest BCUT2D eigenvalue weighted by Crippen LogP contribution is 1.92. The standard InChI is InChI=1S/C7H12N2O4/c1-2-5(10)9-4(7(8)13)3-6(11)12/h4H,2-3H2,1H3,(H2,8,13)(H,9,10)(H,11,12)/t4-/m0/s1. The van der Waals surface area contributed by atoms with Crippen LogP contribution in [0.3, 0.4) is 0 Å². The van der Waals surface area contributed by atoms with Gasteiger partial charge >= 0.3 is 5.97 Å². The van der Waals surface area contributed by atoms with Gasteiger partial charge in [0.15, 0.2) is 0 Å². The Morgan fingerprint density at radius 1 is 1.46 bits per heavy atom. The van der Waals surface area contributed by atoms with Gasteiger partial charge in [0, 0.05) is 6.42 Å². The van der Waals surface area contributed by atoms with Gasteiger partial charge in [-0.05, 0) is 0 Å². The molecule has 0 saturated carbocycles. The Morgan fingerprint density at radius 3 is 2.31 bits per heavy atom. The van der Waals surface area contributed by atoms with E-state index in [9.17, 15) is 14.4 Å². The molecule has 6 heteroatoms. The molecule has 0 aliphatic carbocycles. The monoisotopic (exact) mass is 188 g/mol. The van der Waals surface area contributed by atoms with E-state index < -0.39 is 30.2 Å². The normalized spacial score (nSPS) is 11.8. The first kappa shape index (κ1) is 11.4. The second-order valence-electron chi connectivity index (χ2n) is 2.47. The number of nitrogens with two attached hydrogens (primary N) is 1. The predicted octanol–water partition coefficient (Wildman–Crippen LogP) is -1.16. The van der Waals surface area contributed by atoms with Gasteiger partial charge in [-0.1, -0.05) is 6.92 Å². The molecule has 0 unspecified atom stereocenters. The Kier molecular flexibility index (Phi) is 4.50. The van der Waals surface area contributed by atoms with Crippen LogP contribution in [0.4, 0.5) is 0 Å². The van der Waals surface area contributed by atoms with Crippen molar-refractivity contribution in [3.05, 3.63) is 0 Å². The third-order valence-corrected chi connectivity index (χ3v) is 1.38. The van der Waals surface area contributed by atoms with Crippen LogP contribution in [-0.4, -0.2) is 28.9 Å². The maximum absolute atomic E-state index is 10.8. The Balaban J connectivity index is 4.18. The summed E-state index contributed by atoms with van der Waals surface area (Å²) in [6, 6.07) is -1.12. The van der Waals surface area contributed by atoms with Crippen molar-refractivity contribution >= 4 is 17.8 Å². The van der Waals surface area contributed by atoms with Crippen molar-refractivity contribution in [3.8, 4) is 0 Å². The molecule has 2 amide bonds. The number of hydrogen-bond donors (Lipinski definition) is 3. The minimum atomic E-state index is -1.18. The van der Waals surface area contributed by atoms with Crippen molar-refractivity contribution in [2.45, 2.75) is 25.8 Å². The van der Waals surface area contributed by atoms with Gasteiger partial charge in [0.05, 0.1) is 6.42 Å². The van der Waals surface area contributed by atoms with Crippen molar-refractivity contribution in [1.82, 2.24) is 5.32 Å². The fourth-order valence-corrected chi connectivity index (χ4v) is 0.694. The lowest BCUT2D eigenvalue weighted by atomic mass is 10.2. The summed E-state index contributed by atoms with van der Waals surface area (Å²) < 4.78 is 0. The molecule has 0 fully saturated rings. The molecule has 0 aliphatic heterocycles. The Labute approximate surface area is 75.1 Å². The summed E-state index contributed by atoms with van der Waals surface area (Å²) in [7, 11) is 0. The minimum absolute atomic E-state index is 0.184. The van der Waals surface area contributed by atoms with Crippen LogP contribution in [0, 0.1) is 0 Å². The van der Waals surface area contributed by atoms with Crippen molar-refractivity contribution in [2.24, 2.45) is 5.73 Å². The van der Waals surface area contributed by atoms with Gasteiger partial charge in [-0.25, -0.2) is 0 Å². The largest absolute Gasteiger partial charge is 0.481 e. The van der Waals surface area contributed by atoms with Crippen molar-refractivity contribution in [1.29, 1.82) is 0 Å². The molecule has 0 saturated heterocycles. The number of aliphatic carboxylic acids is 1. The number of carbonyl (C=O) groups is 3. The number of rotatable bonds is 5. The van der Waals surface area contributed by atoms with Crippen molar-refractivity contribution < 1.29 is 19.5 Å². The fourth-order valence-electron chi connectivity index (χ4n) is 0.694. The van der Waals surface area contributed by atoms with Crippen LogP contribution in [0.1, 0.15) is 19.8 Å². The summed E-state index contributed by atoms with van der Waals surface area (Å²) in [6.45, 7) is 1.59. The van der Waals surface area contributed by atoms with Crippen LogP contribution in [0.15, 0.2) is 0 Å². The third kappa shape index (κ3) is 4.78. The first-order chi connectivity index (χ1) is 5.97. The molecule has 0 radical (unpaired) electrons. The Morgan fingerprint density at radius 2 is 2.00 bits per heavy atom. The molecule has 0 aliphatic rings. The van der Waals surface area contributed by atoms with Gasteiger partial charge in [0.1, 0.15) is 6.04 Å². The summed E-state index contributed by atoms with van der Waals surface area (Å²) >= 11 is 0. The number of carboxylic acids is 1. The van der Waals surface area contributed by atoms with Gasteiger partial charge in [0.2, 0.25) is 11.8 Å². The zero-order valence-electron chi connectivity index (χ0n) is 7.24.